The van der Waals surface area contributed by atoms with Crippen molar-refractivity contribution in [2.75, 3.05) is 0 Å². The predicted octanol–water partition coefficient (Wildman–Crippen LogP) is 4.55. The van der Waals surface area contributed by atoms with Crippen molar-refractivity contribution >= 4 is 23.3 Å². The maximum atomic E-state index is 13.5. The monoisotopic (exact) mass is 437 g/mol. The first-order valence-corrected chi connectivity index (χ1v) is 10.5. The average Bonchev–Trinajstić information content (AvgIpc) is 3.41. The van der Waals surface area contributed by atoms with Crippen LogP contribution < -0.4 is 10.6 Å². The lowest BCUT2D eigenvalue weighted by molar-refractivity contribution is 0.627. The van der Waals surface area contributed by atoms with Gasteiger partial charge in [-0.3, -0.25) is 10.1 Å². The number of allylic oxidation sites excluding steroid dienone is 3. The number of halogens is 1. The Bertz CT molecular complexity index is 1460. The number of rotatable bonds is 6. The second kappa shape index (κ2) is 9.44. The van der Waals surface area contributed by atoms with Crippen LogP contribution in [0.2, 0.25) is 0 Å². The first-order valence-electron chi connectivity index (χ1n) is 10.5. The number of nitrogens with zero attached hydrogens (tertiary/aromatic N) is 3. The Hall–Kier alpha value is -4.32. The Balaban J connectivity index is 1.83. The molecule has 0 aliphatic rings. The van der Waals surface area contributed by atoms with E-state index < -0.39 is 0 Å². The van der Waals surface area contributed by atoms with Gasteiger partial charge in [-0.2, -0.15) is 5.10 Å². The molecule has 33 heavy (non-hydrogen) atoms. The standard InChI is InChI=1S/C27H24FN5/c1-5-7-22(20-8-10-21(28)11-9-20)25-18(4)30-27(31-25)26-23(24(6-2)32-33-26)16-17(3)19-12-14-29-15-13-19/h5-16,32H,1,3H2,2,4H3,(H,30,31)/b22-7-,23-16+,24-6+. The van der Waals surface area contributed by atoms with Gasteiger partial charge in [0.15, 0.2) is 5.82 Å². The minimum atomic E-state index is -0.286. The van der Waals surface area contributed by atoms with Crippen LogP contribution in [0, 0.1) is 12.7 Å². The minimum absolute atomic E-state index is 0.286. The van der Waals surface area contributed by atoms with Crippen molar-refractivity contribution in [2.24, 2.45) is 0 Å². The molecule has 4 aromatic rings. The lowest BCUT2D eigenvalue weighted by atomic mass is 10.0. The molecule has 0 bridgehead atoms. The summed E-state index contributed by atoms with van der Waals surface area (Å²) in [5.41, 5.74) is 5.80. The van der Waals surface area contributed by atoms with Gasteiger partial charge in [0, 0.05) is 28.9 Å². The summed E-state index contributed by atoms with van der Waals surface area (Å²) in [7, 11) is 0. The highest BCUT2D eigenvalue weighted by Gasteiger charge is 2.17. The molecule has 0 spiro atoms. The fourth-order valence-corrected chi connectivity index (χ4v) is 3.63. The summed E-state index contributed by atoms with van der Waals surface area (Å²) in [5.74, 6) is 0.336. The second-order valence-corrected chi connectivity index (χ2v) is 7.48. The normalized spacial score (nSPS) is 12.9. The van der Waals surface area contributed by atoms with Crippen molar-refractivity contribution < 1.29 is 4.39 Å². The third-order valence-electron chi connectivity index (χ3n) is 5.30. The zero-order valence-electron chi connectivity index (χ0n) is 18.6. The van der Waals surface area contributed by atoms with Gasteiger partial charge in [0.25, 0.3) is 0 Å². The van der Waals surface area contributed by atoms with E-state index in [0.29, 0.717) is 11.5 Å². The molecule has 0 saturated carbocycles. The number of hydrogen-bond donors (Lipinski definition) is 2. The van der Waals surface area contributed by atoms with Crippen LogP contribution in [0.5, 0.6) is 0 Å². The summed E-state index contributed by atoms with van der Waals surface area (Å²) in [6, 6.07) is 10.2. The SMILES string of the molecule is C=C/C=C(/c1ccc(F)cc1)c1nc(-c2n[nH]c(=C/C)/c2=C\C(=C)c2ccncc2)[nH]c1C. The average molecular weight is 438 g/mol. The number of pyridine rings is 1. The van der Waals surface area contributed by atoms with E-state index in [-0.39, 0.29) is 5.82 Å². The van der Waals surface area contributed by atoms with E-state index in [2.05, 4.69) is 33.3 Å². The lowest BCUT2D eigenvalue weighted by Crippen LogP contribution is -2.23. The van der Waals surface area contributed by atoms with E-state index in [1.54, 1.807) is 30.6 Å². The summed E-state index contributed by atoms with van der Waals surface area (Å²) in [5, 5.41) is 9.36. The summed E-state index contributed by atoms with van der Waals surface area (Å²) in [4.78, 5) is 12.3. The van der Waals surface area contributed by atoms with Gasteiger partial charge in [-0.15, -0.1) is 0 Å². The topological polar surface area (TPSA) is 70.2 Å². The Morgan fingerprint density at radius 1 is 1.06 bits per heavy atom. The molecule has 1 aromatic carbocycles. The highest BCUT2D eigenvalue weighted by Crippen LogP contribution is 2.27. The number of H-pyrrole nitrogens is 2. The first-order chi connectivity index (χ1) is 16.0. The molecule has 5 nitrogen and oxygen atoms in total. The second-order valence-electron chi connectivity index (χ2n) is 7.48. The Morgan fingerprint density at radius 2 is 1.79 bits per heavy atom. The van der Waals surface area contributed by atoms with Crippen LogP contribution in [-0.2, 0) is 0 Å². The van der Waals surface area contributed by atoms with Crippen LogP contribution in [0.15, 0.2) is 74.1 Å². The van der Waals surface area contributed by atoms with Crippen molar-refractivity contribution in [3.8, 4) is 11.5 Å². The number of aromatic amines is 2. The van der Waals surface area contributed by atoms with Crippen LogP contribution in [-0.4, -0.2) is 25.1 Å². The summed E-state index contributed by atoms with van der Waals surface area (Å²) in [6.45, 7) is 11.9. The maximum absolute atomic E-state index is 13.5. The van der Waals surface area contributed by atoms with Crippen molar-refractivity contribution in [3.05, 3.63) is 113 Å². The van der Waals surface area contributed by atoms with Crippen LogP contribution >= 0.6 is 0 Å². The zero-order chi connectivity index (χ0) is 23.4. The molecule has 4 rings (SSSR count). The molecule has 6 heteroatoms. The minimum Gasteiger partial charge on any atom is -0.340 e. The van der Waals surface area contributed by atoms with Gasteiger partial charge < -0.3 is 4.98 Å². The van der Waals surface area contributed by atoms with Gasteiger partial charge >= 0.3 is 0 Å². The fraction of sp³-hybridized carbons (Fsp3) is 0.0741. The number of aryl methyl sites for hydroxylation is 1. The summed E-state index contributed by atoms with van der Waals surface area (Å²) in [6.07, 6.45) is 11.0. The number of aromatic nitrogens is 5. The molecule has 0 aliphatic heterocycles. The van der Waals surface area contributed by atoms with E-state index in [1.807, 2.05) is 44.2 Å². The molecule has 2 N–H and O–H groups in total. The Labute approximate surface area is 191 Å². The maximum Gasteiger partial charge on any atom is 0.159 e. The van der Waals surface area contributed by atoms with Crippen LogP contribution in [0.25, 0.3) is 34.8 Å². The fourth-order valence-electron chi connectivity index (χ4n) is 3.63. The lowest BCUT2D eigenvalue weighted by Gasteiger charge is -2.05. The number of benzene rings is 1. The molecule has 3 heterocycles. The molecular formula is C27H24FN5. The van der Waals surface area contributed by atoms with Crippen LogP contribution in [0.4, 0.5) is 4.39 Å². The summed E-state index contributed by atoms with van der Waals surface area (Å²) >= 11 is 0. The van der Waals surface area contributed by atoms with E-state index in [1.165, 1.54) is 12.1 Å². The highest BCUT2D eigenvalue weighted by molar-refractivity contribution is 5.88. The molecule has 0 aliphatic carbocycles. The Kier molecular flexibility index (Phi) is 6.26. The van der Waals surface area contributed by atoms with Crippen LogP contribution in [0.3, 0.4) is 0 Å². The van der Waals surface area contributed by atoms with Gasteiger partial charge in [-0.05, 0) is 60.9 Å². The van der Waals surface area contributed by atoms with E-state index in [4.69, 9.17) is 4.98 Å². The van der Waals surface area contributed by atoms with Gasteiger partial charge in [-0.25, -0.2) is 9.37 Å². The van der Waals surface area contributed by atoms with Crippen molar-refractivity contribution in [3.63, 3.8) is 0 Å². The van der Waals surface area contributed by atoms with E-state index >= 15 is 0 Å². The smallest absolute Gasteiger partial charge is 0.159 e. The highest BCUT2D eigenvalue weighted by atomic mass is 19.1. The van der Waals surface area contributed by atoms with Crippen molar-refractivity contribution in [1.29, 1.82) is 0 Å². The quantitative estimate of drug-likeness (QED) is 0.435. The van der Waals surface area contributed by atoms with E-state index in [0.717, 1.165) is 44.2 Å². The zero-order valence-corrected chi connectivity index (χ0v) is 18.6. The third kappa shape index (κ3) is 4.50. The van der Waals surface area contributed by atoms with Crippen molar-refractivity contribution in [2.45, 2.75) is 13.8 Å². The molecular weight excluding hydrogens is 413 g/mol. The molecule has 0 amide bonds. The molecule has 0 saturated heterocycles. The van der Waals surface area contributed by atoms with Crippen molar-refractivity contribution in [1.82, 2.24) is 25.1 Å². The molecule has 0 radical (unpaired) electrons. The van der Waals surface area contributed by atoms with Gasteiger partial charge in [-0.1, -0.05) is 43.5 Å². The molecule has 3 aromatic heterocycles. The molecule has 164 valence electrons. The van der Waals surface area contributed by atoms with E-state index in [9.17, 15) is 4.39 Å². The summed E-state index contributed by atoms with van der Waals surface area (Å²) < 4.78 is 13.5. The number of hydrogen-bond acceptors (Lipinski definition) is 3. The first kappa shape index (κ1) is 21.9. The van der Waals surface area contributed by atoms with Gasteiger partial charge in [0.1, 0.15) is 11.5 Å². The third-order valence-corrected chi connectivity index (χ3v) is 5.30. The predicted molar refractivity (Wildman–Crippen MR) is 132 cm³/mol. The molecule has 0 unspecified atom stereocenters. The molecule has 0 atom stereocenters. The Morgan fingerprint density at radius 3 is 2.45 bits per heavy atom. The van der Waals surface area contributed by atoms with Crippen LogP contribution in [0.1, 0.15) is 29.4 Å². The largest absolute Gasteiger partial charge is 0.340 e. The molecule has 0 fully saturated rings. The van der Waals surface area contributed by atoms with Gasteiger partial charge in [0.2, 0.25) is 0 Å². The van der Waals surface area contributed by atoms with Gasteiger partial charge in [0.05, 0.1) is 11.0 Å². The number of imidazole rings is 1. The number of nitrogens with one attached hydrogen (secondary N) is 2.